The van der Waals surface area contributed by atoms with Crippen LogP contribution in [0, 0.1) is 10.1 Å². The van der Waals surface area contributed by atoms with Gasteiger partial charge in [-0.15, -0.1) is 0 Å². The summed E-state index contributed by atoms with van der Waals surface area (Å²) in [6.07, 6.45) is 3.56. The maximum absolute atomic E-state index is 12.2. The van der Waals surface area contributed by atoms with Crippen LogP contribution in [0.2, 0.25) is 0 Å². The minimum Gasteiger partial charge on any atom is -0.493 e. The second-order valence-corrected chi connectivity index (χ2v) is 6.25. The Balaban J connectivity index is 1.82. The molecule has 0 bridgehead atoms. The van der Waals surface area contributed by atoms with E-state index in [0.717, 1.165) is 12.8 Å². The lowest BCUT2D eigenvalue weighted by atomic mass is 10.1. The highest BCUT2D eigenvalue weighted by Gasteiger charge is 2.24. The number of ether oxygens (including phenoxy) is 3. The Morgan fingerprint density at radius 3 is 2.59 bits per heavy atom. The fourth-order valence-electron chi connectivity index (χ4n) is 2.64. The summed E-state index contributed by atoms with van der Waals surface area (Å²) in [5, 5.41) is 10.8. The number of esters is 1. The fraction of sp³-hybridized carbons (Fsp3) is 0.238. The van der Waals surface area contributed by atoms with Crippen LogP contribution in [0.3, 0.4) is 0 Å². The fourth-order valence-corrected chi connectivity index (χ4v) is 2.64. The number of hydrogen-bond donors (Lipinski definition) is 0. The van der Waals surface area contributed by atoms with Gasteiger partial charge >= 0.3 is 5.97 Å². The molecule has 0 unspecified atom stereocenters. The quantitative estimate of drug-likeness (QED) is 0.219. The lowest BCUT2D eigenvalue weighted by molar-refractivity contribution is -0.384. The van der Waals surface area contributed by atoms with Gasteiger partial charge in [0.1, 0.15) is 0 Å². The number of carbonyl (C=O) groups is 1. The third kappa shape index (κ3) is 4.78. The minimum atomic E-state index is -0.597. The number of rotatable bonds is 8. The number of cyclic esters (lactones) is 1. The molecular formula is C21H20N2O6. The van der Waals surface area contributed by atoms with Crippen molar-refractivity contribution in [2.24, 2.45) is 4.99 Å². The molecule has 0 N–H and O–H groups in total. The van der Waals surface area contributed by atoms with Crippen molar-refractivity contribution in [2.75, 3.05) is 13.7 Å². The van der Waals surface area contributed by atoms with E-state index in [4.69, 9.17) is 14.2 Å². The van der Waals surface area contributed by atoms with Crippen LogP contribution >= 0.6 is 0 Å². The van der Waals surface area contributed by atoms with Crippen LogP contribution in [0.25, 0.3) is 6.08 Å². The second-order valence-electron chi connectivity index (χ2n) is 6.25. The van der Waals surface area contributed by atoms with Crippen LogP contribution < -0.4 is 9.47 Å². The molecule has 2 aromatic rings. The van der Waals surface area contributed by atoms with Crippen molar-refractivity contribution in [3.05, 3.63) is 69.4 Å². The number of benzene rings is 2. The van der Waals surface area contributed by atoms with Gasteiger partial charge in [-0.1, -0.05) is 19.4 Å². The maximum atomic E-state index is 12.2. The Morgan fingerprint density at radius 1 is 1.17 bits per heavy atom. The van der Waals surface area contributed by atoms with Gasteiger partial charge in [-0.3, -0.25) is 10.1 Å². The average Bonchev–Trinajstić information content (AvgIpc) is 3.09. The molecule has 0 radical (unpaired) electrons. The molecule has 0 amide bonds. The Hall–Kier alpha value is -3.68. The normalized spacial score (nSPS) is 14.5. The average molecular weight is 396 g/mol. The first kappa shape index (κ1) is 20.1. The Bertz CT molecular complexity index is 979. The molecular weight excluding hydrogens is 376 g/mol. The van der Waals surface area contributed by atoms with Crippen LogP contribution in [0.4, 0.5) is 5.69 Å². The zero-order valence-electron chi connectivity index (χ0n) is 16.1. The molecule has 150 valence electrons. The van der Waals surface area contributed by atoms with Gasteiger partial charge in [0.2, 0.25) is 5.90 Å². The highest BCUT2D eigenvalue weighted by Crippen LogP contribution is 2.30. The number of nitro benzene ring substituents is 1. The molecule has 0 saturated heterocycles. The number of carbonyl (C=O) groups excluding carboxylic acids is 1. The highest BCUT2D eigenvalue weighted by molar-refractivity contribution is 6.12. The van der Waals surface area contributed by atoms with Gasteiger partial charge in [-0.05, 0) is 42.3 Å². The van der Waals surface area contributed by atoms with E-state index in [1.54, 1.807) is 31.4 Å². The zero-order valence-corrected chi connectivity index (χ0v) is 16.1. The predicted octanol–water partition coefficient (Wildman–Crippen LogP) is 4.13. The number of nitro groups is 1. The third-order valence-electron chi connectivity index (χ3n) is 4.19. The number of methoxy groups -OCH3 is 1. The van der Waals surface area contributed by atoms with Gasteiger partial charge in [0.05, 0.1) is 18.6 Å². The first-order chi connectivity index (χ1) is 14.0. The molecule has 0 spiro atoms. The molecule has 8 nitrogen and oxygen atoms in total. The molecule has 1 aliphatic heterocycles. The topological polar surface area (TPSA) is 100 Å². The summed E-state index contributed by atoms with van der Waals surface area (Å²) in [4.78, 5) is 26.6. The van der Waals surface area contributed by atoms with Crippen molar-refractivity contribution in [1.29, 1.82) is 0 Å². The van der Waals surface area contributed by atoms with Crippen molar-refractivity contribution in [1.82, 2.24) is 0 Å². The molecule has 8 heteroatoms. The summed E-state index contributed by atoms with van der Waals surface area (Å²) in [7, 11) is 1.55. The van der Waals surface area contributed by atoms with Crippen LogP contribution in [0.15, 0.2) is 53.2 Å². The SMILES string of the molecule is CCCCOc1ccc(/C=C2\N=C(c3ccc([N+](=O)[O-])cc3)OC2=O)cc1OC. The number of nitrogens with zero attached hydrogens (tertiary/aromatic N) is 2. The Kier molecular flexibility index (Phi) is 6.23. The van der Waals surface area contributed by atoms with Crippen LogP contribution in [-0.4, -0.2) is 30.5 Å². The molecule has 0 saturated carbocycles. The van der Waals surface area contributed by atoms with E-state index in [0.29, 0.717) is 29.2 Å². The number of unbranched alkanes of at least 4 members (excludes halogenated alkanes) is 1. The number of non-ortho nitro benzene ring substituents is 1. The predicted molar refractivity (Wildman–Crippen MR) is 107 cm³/mol. The monoisotopic (exact) mass is 396 g/mol. The van der Waals surface area contributed by atoms with Crippen molar-refractivity contribution in [3.63, 3.8) is 0 Å². The highest BCUT2D eigenvalue weighted by atomic mass is 16.6. The largest absolute Gasteiger partial charge is 0.493 e. The summed E-state index contributed by atoms with van der Waals surface area (Å²) >= 11 is 0. The first-order valence-electron chi connectivity index (χ1n) is 9.10. The molecule has 1 heterocycles. The number of hydrogen-bond acceptors (Lipinski definition) is 7. The van der Waals surface area contributed by atoms with Crippen LogP contribution in [-0.2, 0) is 9.53 Å². The van der Waals surface area contributed by atoms with Crippen LogP contribution in [0.5, 0.6) is 11.5 Å². The summed E-state index contributed by atoms with van der Waals surface area (Å²) in [5.74, 6) is 0.691. The summed E-state index contributed by atoms with van der Waals surface area (Å²) in [5.41, 5.74) is 1.25. The van der Waals surface area contributed by atoms with E-state index in [9.17, 15) is 14.9 Å². The second kappa shape index (κ2) is 9.01. The zero-order chi connectivity index (χ0) is 20.8. The van der Waals surface area contributed by atoms with Gasteiger partial charge in [0.15, 0.2) is 17.2 Å². The van der Waals surface area contributed by atoms with Gasteiger partial charge in [0.25, 0.3) is 5.69 Å². The van der Waals surface area contributed by atoms with E-state index >= 15 is 0 Å². The minimum absolute atomic E-state index is 0.0530. The van der Waals surface area contributed by atoms with E-state index in [2.05, 4.69) is 11.9 Å². The third-order valence-corrected chi connectivity index (χ3v) is 4.19. The maximum Gasteiger partial charge on any atom is 0.363 e. The van der Waals surface area contributed by atoms with Gasteiger partial charge < -0.3 is 14.2 Å². The molecule has 0 fully saturated rings. The smallest absolute Gasteiger partial charge is 0.363 e. The molecule has 0 aromatic heterocycles. The van der Waals surface area contributed by atoms with Gasteiger partial charge in [-0.2, -0.15) is 0 Å². The first-order valence-corrected chi connectivity index (χ1v) is 9.10. The van der Waals surface area contributed by atoms with Crippen LogP contribution in [0.1, 0.15) is 30.9 Å². The van der Waals surface area contributed by atoms with Gasteiger partial charge in [0, 0.05) is 17.7 Å². The van der Waals surface area contributed by atoms with E-state index in [1.165, 1.54) is 24.3 Å². The molecule has 29 heavy (non-hydrogen) atoms. The van der Waals surface area contributed by atoms with Crippen molar-refractivity contribution in [3.8, 4) is 11.5 Å². The summed E-state index contributed by atoms with van der Waals surface area (Å²) < 4.78 is 16.3. The van der Waals surface area contributed by atoms with Crippen molar-refractivity contribution < 1.29 is 23.9 Å². The Morgan fingerprint density at radius 2 is 1.93 bits per heavy atom. The summed E-state index contributed by atoms with van der Waals surface area (Å²) in [6.45, 7) is 2.69. The Labute approximate surface area is 167 Å². The van der Waals surface area contributed by atoms with E-state index in [-0.39, 0.29) is 17.3 Å². The molecule has 2 aromatic carbocycles. The van der Waals surface area contributed by atoms with E-state index in [1.807, 2.05) is 0 Å². The lowest BCUT2D eigenvalue weighted by Gasteiger charge is -2.10. The molecule has 0 aliphatic carbocycles. The van der Waals surface area contributed by atoms with E-state index < -0.39 is 10.9 Å². The standard InChI is InChI=1S/C21H20N2O6/c1-3-4-11-28-18-10-5-14(13-19(18)27-2)12-17-21(24)29-20(22-17)15-6-8-16(9-7-15)23(25)26/h5-10,12-13H,3-4,11H2,1-2H3/b17-12-. The lowest BCUT2D eigenvalue weighted by Crippen LogP contribution is -2.05. The molecule has 3 rings (SSSR count). The molecule has 0 atom stereocenters. The van der Waals surface area contributed by atoms with Crippen molar-refractivity contribution in [2.45, 2.75) is 19.8 Å². The molecule has 1 aliphatic rings. The van der Waals surface area contributed by atoms with Crippen molar-refractivity contribution >= 4 is 23.6 Å². The van der Waals surface area contributed by atoms with Gasteiger partial charge in [-0.25, -0.2) is 9.79 Å². The summed E-state index contributed by atoms with van der Waals surface area (Å²) in [6, 6.07) is 11.0. The number of aliphatic imine (C=N–C) groups is 1.